The fraction of sp³-hybridized carbons (Fsp3) is 0.0909. The summed E-state index contributed by atoms with van der Waals surface area (Å²) in [5.41, 5.74) is 0.983. The second kappa shape index (κ2) is 4.14. The highest BCUT2D eigenvalue weighted by Crippen LogP contribution is 2.19. The minimum Gasteiger partial charge on any atom is -0.481 e. The van der Waals surface area contributed by atoms with Crippen LogP contribution in [0, 0.1) is 5.82 Å². The first-order valence-corrected chi connectivity index (χ1v) is 4.58. The summed E-state index contributed by atoms with van der Waals surface area (Å²) in [5, 5.41) is 12.2. The molecule has 0 saturated heterocycles. The summed E-state index contributed by atoms with van der Waals surface area (Å²) in [4.78, 5) is 10.4. The van der Waals surface area contributed by atoms with E-state index in [0.29, 0.717) is 11.3 Å². The number of benzene rings is 1. The van der Waals surface area contributed by atoms with Crippen LogP contribution in [0.4, 0.5) is 4.39 Å². The average molecular weight is 221 g/mol. The number of nitrogens with zero attached hydrogens (tertiary/aromatic N) is 1. The van der Waals surface area contributed by atoms with E-state index in [2.05, 4.69) is 5.16 Å². The van der Waals surface area contributed by atoms with Crippen molar-refractivity contribution in [3.05, 3.63) is 41.9 Å². The van der Waals surface area contributed by atoms with Crippen molar-refractivity contribution in [2.75, 3.05) is 0 Å². The molecule has 82 valence electrons. The van der Waals surface area contributed by atoms with Gasteiger partial charge in [0.1, 0.15) is 23.7 Å². The van der Waals surface area contributed by atoms with E-state index < -0.39 is 5.97 Å². The largest absolute Gasteiger partial charge is 0.481 e. The Balaban J connectivity index is 2.28. The van der Waals surface area contributed by atoms with Gasteiger partial charge in [-0.05, 0) is 12.1 Å². The third-order valence-corrected chi connectivity index (χ3v) is 2.00. The van der Waals surface area contributed by atoms with Crippen LogP contribution in [-0.2, 0) is 11.2 Å². The predicted molar refractivity (Wildman–Crippen MR) is 53.2 cm³/mol. The molecule has 4 nitrogen and oxygen atoms in total. The minimum atomic E-state index is -0.998. The zero-order chi connectivity index (χ0) is 11.5. The quantitative estimate of drug-likeness (QED) is 0.862. The van der Waals surface area contributed by atoms with Crippen LogP contribution in [0.2, 0.25) is 0 Å². The molecule has 0 atom stereocenters. The van der Waals surface area contributed by atoms with Crippen molar-refractivity contribution < 1.29 is 18.8 Å². The van der Waals surface area contributed by atoms with Gasteiger partial charge in [0.15, 0.2) is 0 Å². The summed E-state index contributed by atoms with van der Waals surface area (Å²) in [6.45, 7) is 0. The summed E-state index contributed by atoms with van der Waals surface area (Å²) in [6.07, 6.45) is -0.234. The predicted octanol–water partition coefficient (Wildman–Crippen LogP) is 2.11. The van der Waals surface area contributed by atoms with Crippen molar-refractivity contribution in [1.82, 2.24) is 5.16 Å². The first-order valence-electron chi connectivity index (χ1n) is 4.58. The molecule has 0 unspecified atom stereocenters. The van der Waals surface area contributed by atoms with Crippen molar-refractivity contribution in [1.29, 1.82) is 0 Å². The molecule has 0 radical (unpaired) electrons. The molecule has 0 bridgehead atoms. The van der Waals surface area contributed by atoms with Gasteiger partial charge < -0.3 is 9.63 Å². The molecule has 2 aromatic rings. The topological polar surface area (TPSA) is 63.3 Å². The number of carboxylic acid groups (broad SMARTS) is 1. The zero-order valence-corrected chi connectivity index (χ0v) is 8.18. The molecular weight excluding hydrogens is 213 g/mol. The van der Waals surface area contributed by atoms with Gasteiger partial charge >= 0.3 is 5.97 Å². The number of hydrogen-bond donors (Lipinski definition) is 1. The highest BCUT2D eigenvalue weighted by molar-refractivity contribution is 5.70. The first kappa shape index (κ1) is 10.4. The summed E-state index contributed by atoms with van der Waals surface area (Å²) >= 11 is 0. The van der Waals surface area contributed by atoms with Crippen LogP contribution in [0.25, 0.3) is 11.3 Å². The smallest absolute Gasteiger partial charge is 0.311 e. The lowest BCUT2D eigenvalue weighted by Crippen LogP contribution is -1.97. The van der Waals surface area contributed by atoms with Crippen molar-refractivity contribution in [2.24, 2.45) is 0 Å². The number of hydrogen-bond acceptors (Lipinski definition) is 3. The third kappa shape index (κ3) is 2.25. The van der Waals surface area contributed by atoms with Crippen molar-refractivity contribution in [2.45, 2.75) is 6.42 Å². The van der Waals surface area contributed by atoms with E-state index in [4.69, 9.17) is 9.63 Å². The Morgan fingerprint density at radius 3 is 2.94 bits per heavy atom. The van der Waals surface area contributed by atoms with E-state index in [1.165, 1.54) is 18.2 Å². The average Bonchev–Trinajstić information content (AvgIpc) is 2.65. The van der Waals surface area contributed by atoms with E-state index in [1.54, 1.807) is 12.1 Å². The molecule has 1 aromatic heterocycles. The summed E-state index contributed by atoms with van der Waals surface area (Å²) in [6, 6.07) is 7.34. The number of aromatic nitrogens is 1. The van der Waals surface area contributed by atoms with Crippen molar-refractivity contribution in [3.63, 3.8) is 0 Å². The molecule has 1 aromatic carbocycles. The molecule has 0 aliphatic heterocycles. The third-order valence-electron chi connectivity index (χ3n) is 2.00. The van der Waals surface area contributed by atoms with Gasteiger partial charge in [-0.1, -0.05) is 17.3 Å². The zero-order valence-electron chi connectivity index (χ0n) is 8.18. The second-order valence-electron chi connectivity index (χ2n) is 3.26. The van der Waals surface area contributed by atoms with E-state index >= 15 is 0 Å². The Bertz CT molecular complexity index is 521. The molecule has 5 heteroatoms. The molecule has 0 aliphatic carbocycles. The Hall–Kier alpha value is -2.17. The van der Waals surface area contributed by atoms with E-state index in [9.17, 15) is 9.18 Å². The Morgan fingerprint density at radius 1 is 1.44 bits per heavy atom. The van der Waals surface area contributed by atoms with Crippen LogP contribution in [0.1, 0.15) is 5.76 Å². The summed E-state index contributed by atoms with van der Waals surface area (Å²) < 4.78 is 17.7. The molecule has 1 heterocycles. The number of carbonyl (C=O) groups is 1. The molecule has 0 amide bonds. The molecule has 0 saturated carbocycles. The summed E-state index contributed by atoms with van der Waals surface area (Å²) in [5.74, 6) is -1.13. The number of aliphatic carboxylic acids is 1. The fourth-order valence-corrected chi connectivity index (χ4v) is 1.33. The minimum absolute atomic E-state index is 0.234. The van der Waals surface area contributed by atoms with Gasteiger partial charge in [0.2, 0.25) is 0 Å². The van der Waals surface area contributed by atoms with Crippen LogP contribution in [0.5, 0.6) is 0 Å². The lowest BCUT2D eigenvalue weighted by molar-refractivity contribution is -0.136. The van der Waals surface area contributed by atoms with Gasteiger partial charge in [-0.3, -0.25) is 4.79 Å². The van der Waals surface area contributed by atoms with Crippen molar-refractivity contribution >= 4 is 5.97 Å². The number of rotatable bonds is 3. The van der Waals surface area contributed by atoms with Crippen LogP contribution in [-0.4, -0.2) is 16.2 Å². The maximum Gasteiger partial charge on any atom is 0.311 e. The van der Waals surface area contributed by atoms with Gasteiger partial charge in [-0.15, -0.1) is 0 Å². The number of halogens is 1. The lowest BCUT2D eigenvalue weighted by Gasteiger charge is -1.93. The monoisotopic (exact) mass is 221 g/mol. The molecular formula is C11H8FNO3. The first-order chi connectivity index (χ1) is 7.65. The molecule has 1 N–H and O–H groups in total. The van der Waals surface area contributed by atoms with Crippen molar-refractivity contribution in [3.8, 4) is 11.3 Å². The molecule has 0 spiro atoms. The second-order valence-corrected chi connectivity index (χ2v) is 3.26. The highest BCUT2D eigenvalue weighted by Gasteiger charge is 2.09. The molecule has 2 rings (SSSR count). The van der Waals surface area contributed by atoms with E-state index in [1.807, 2.05) is 0 Å². The highest BCUT2D eigenvalue weighted by atomic mass is 19.1. The Kier molecular flexibility index (Phi) is 2.68. The van der Waals surface area contributed by atoms with Gasteiger partial charge in [0.05, 0.1) is 0 Å². The Labute approximate surface area is 90.3 Å². The van der Waals surface area contributed by atoms with Crippen LogP contribution in [0.15, 0.2) is 34.9 Å². The van der Waals surface area contributed by atoms with Crippen LogP contribution >= 0.6 is 0 Å². The molecule has 0 aliphatic rings. The fourth-order valence-electron chi connectivity index (χ4n) is 1.33. The molecule has 16 heavy (non-hydrogen) atoms. The van der Waals surface area contributed by atoms with Gasteiger partial charge in [-0.2, -0.15) is 0 Å². The van der Waals surface area contributed by atoms with Gasteiger partial charge in [0, 0.05) is 11.6 Å². The van der Waals surface area contributed by atoms with E-state index in [-0.39, 0.29) is 18.0 Å². The normalized spacial score (nSPS) is 10.3. The van der Waals surface area contributed by atoms with E-state index in [0.717, 1.165) is 0 Å². The van der Waals surface area contributed by atoms with Gasteiger partial charge in [0.25, 0.3) is 0 Å². The SMILES string of the molecule is O=C(O)Cc1cc(-c2cccc(F)c2)no1. The maximum absolute atomic E-state index is 12.9. The van der Waals surface area contributed by atoms with Crippen LogP contribution in [0.3, 0.4) is 0 Å². The maximum atomic E-state index is 12.9. The summed E-state index contributed by atoms with van der Waals surface area (Å²) in [7, 11) is 0. The Morgan fingerprint density at radius 2 is 2.25 bits per heavy atom. The standard InChI is InChI=1S/C11H8FNO3/c12-8-3-1-2-7(4-8)10-5-9(16-13-10)6-11(14)15/h1-5H,6H2,(H,14,15). The molecule has 0 fully saturated rings. The lowest BCUT2D eigenvalue weighted by atomic mass is 10.1. The van der Waals surface area contributed by atoms with Gasteiger partial charge in [-0.25, -0.2) is 4.39 Å². The number of carboxylic acids is 1. The van der Waals surface area contributed by atoms with Crippen LogP contribution < -0.4 is 0 Å².